The van der Waals surface area contributed by atoms with Gasteiger partial charge in [-0.15, -0.1) is 0 Å². The van der Waals surface area contributed by atoms with E-state index in [9.17, 15) is 14.4 Å². The minimum atomic E-state index is -0.488. The fourth-order valence-electron chi connectivity index (χ4n) is 2.51. The van der Waals surface area contributed by atoms with E-state index in [1.807, 2.05) is 13.8 Å². The first kappa shape index (κ1) is 14.8. The molecule has 7 nitrogen and oxygen atoms in total. The number of hydrogen-bond donors (Lipinski definition) is 2. The van der Waals surface area contributed by atoms with Crippen LogP contribution < -0.4 is 10.6 Å². The van der Waals surface area contributed by atoms with Crippen LogP contribution in [0.5, 0.6) is 0 Å². The van der Waals surface area contributed by atoms with Crippen molar-refractivity contribution in [3.63, 3.8) is 0 Å². The van der Waals surface area contributed by atoms with E-state index < -0.39 is 12.1 Å². The lowest BCUT2D eigenvalue weighted by atomic mass is 10.0. The maximum Gasteiger partial charge on any atom is 0.325 e. The minimum Gasteiger partial charge on any atom is -0.339 e. The average Bonchev–Trinajstić information content (AvgIpc) is 2.66. The highest BCUT2D eigenvalue weighted by atomic mass is 16.2. The third-order valence-corrected chi connectivity index (χ3v) is 3.58. The summed E-state index contributed by atoms with van der Waals surface area (Å²) in [5.41, 5.74) is 0. The van der Waals surface area contributed by atoms with Gasteiger partial charge in [-0.05, 0) is 12.3 Å². The molecule has 1 unspecified atom stereocenters. The second-order valence-corrected chi connectivity index (χ2v) is 5.69. The molecule has 0 saturated carbocycles. The van der Waals surface area contributed by atoms with Gasteiger partial charge in [0.15, 0.2) is 0 Å². The number of rotatable bonds is 4. The van der Waals surface area contributed by atoms with Gasteiger partial charge in [0.1, 0.15) is 12.6 Å². The third kappa shape index (κ3) is 3.27. The van der Waals surface area contributed by atoms with Crippen molar-refractivity contribution in [2.24, 2.45) is 5.92 Å². The van der Waals surface area contributed by atoms with Crippen LogP contribution in [-0.2, 0) is 9.59 Å². The van der Waals surface area contributed by atoms with Crippen molar-refractivity contribution in [1.82, 2.24) is 20.4 Å². The number of piperazine rings is 1. The molecule has 2 heterocycles. The zero-order valence-electron chi connectivity index (χ0n) is 12.0. The monoisotopic (exact) mass is 282 g/mol. The van der Waals surface area contributed by atoms with Crippen LogP contribution in [0, 0.1) is 5.92 Å². The summed E-state index contributed by atoms with van der Waals surface area (Å²) in [6.45, 7) is 6.58. The summed E-state index contributed by atoms with van der Waals surface area (Å²) in [5, 5.41) is 5.80. The van der Waals surface area contributed by atoms with Crippen molar-refractivity contribution in [3.8, 4) is 0 Å². The Balaban J connectivity index is 1.93. The number of nitrogens with zero attached hydrogens (tertiary/aromatic N) is 2. The molecule has 0 radical (unpaired) electrons. The van der Waals surface area contributed by atoms with Crippen LogP contribution in [0.1, 0.15) is 20.3 Å². The van der Waals surface area contributed by atoms with E-state index >= 15 is 0 Å². The molecule has 20 heavy (non-hydrogen) atoms. The largest absolute Gasteiger partial charge is 0.339 e. The van der Waals surface area contributed by atoms with Crippen molar-refractivity contribution in [1.29, 1.82) is 0 Å². The number of hydrogen-bond acceptors (Lipinski definition) is 4. The zero-order chi connectivity index (χ0) is 14.7. The van der Waals surface area contributed by atoms with Crippen molar-refractivity contribution in [3.05, 3.63) is 0 Å². The summed E-state index contributed by atoms with van der Waals surface area (Å²) in [7, 11) is 0. The van der Waals surface area contributed by atoms with Crippen LogP contribution in [0.25, 0.3) is 0 Å². The molecule has 112 valence electrons. The lowest BCUT2D eigenvalue weighted by molar-refractivity contribution is -0.137. The van der Waals surface area contributed by atoms with Crippen molar-refractivity contribution in [2.45, 2.75) is 26.3 Å². The Labute approximate surface area is 118 Å². The highest BCUT2D eigenvalue weighted by Crippen LogP contribution is 2.14. The van der Waals surface area contributed by atoms with E-state index in [0.717, 1.165) is 18.0 Å². The van der Waals surface area contributed by atoms with Gasteiger partial charge in [0.05, 0.1) is 0 Å². The molecule has 0 aromatic carbocycles. The van der Waals surface area contributed by atoms with Gasteiger partial charge in [-0.25, -0.2) is 4.79 Å². The molecule has 0 aromatic heterocycles. The van der Waals surface area contributed by atoms with E-state index in [1.165, 1.54) is 0 Å². The van der Waals surface area contributed by atoms with E-state index in [4.69, 9.17) is 0 Å². The van der Waals surface area contributed by atoms with E-state index in [0.29, 0.717) is 25.4 Å². The molecular weight excluding hydrogens is 260 g/mol. The molecule has 2 aliphatic heterocycles. The Kier molecular flexibility index (Phi) is 4.59. The number of carbonyl (C=O) groups excluding carboxylic acids is 3. The molecule has 1 atom stereocenters. The molecule has 2 rings (SSSR count). The first-order chi connectivity index (χ1) is 9.49. The fraction of sp³-hybridized carbons (Fsp3) is 0.769. The number of nitrogens with one attached hydrogen (secondary N) is 2. The lowest BCUT2D eigenvalue weighted by Gasteiger charge is -2.28. The predicted octanol–water partition coefficient (Wildman–Crippen LogP) is -0.615. The molecule has 0 bridgehead atoms. The predicted molar refractivity (Wildman–Crippen MR) is 72.9 cm³/mol. The maximum atomic E-state index is 12.1. The SMILES string of the molecule is CC(C)CC1NC(=O)N(CC(=O)N2CCNCC2)C1=O. The van der Waals surface area contributed by atoms with Crippen LogP contribution >= 0.6 is 0 Å². The summed E-state index contributed by atoms with van der Waals surface area (Å²) >= 11 is 0. The standard InChI is InChI=1S/C13H22N4O3/c1-9(2)7-10-12(19)17(13(20)15-10)8-11(18)16-5-3-14-4-6-16/h9-10,14H,3-8H2,1-2H3,(H,15,20). The van der Waals surface area contributed by atoms with E-state index in [-0.39, 0.29) is 18.4 Å². The Morgan fingerprint density at radius 1 is 1.30 bits per heavy atom. The van der Waals surface area contributed by atoms with Gasteiger partial charge < -0.3 is 15.5 Å². The summed E-state index contributed by atoms with van der Waals surface area (Å²) in [6, 6.07) is -0.942. The number of urea groups is 1. The van der Waals surface area contributed by atoms with Crippen LogP contribution in [0.3, 0.4) is 0 Å². The molecule has 0 aliphatic carbocycles. The lowest BCUT2D eigenvalue weighted by Crippen LogP contribution is -2.50. The minimum absolute atomic E-state index is 0.154. The van der Waals surface area contributed by atoms with Gasteiger partial charge in [0.25, 0.3) is 5.91 Å². The molecular formula is C13H22N4O3. The van der Waals surface area contributed by atoms with Gasteiger partial charge in [0.2, 0.25) is 5.91 Å². The maximum absolute atomic E-state index is 12.1. The Bertz CT molecular complexity index is 404. The topological polar surface area (TPSA) is 81.8 Å². The number of amides is 4. The smallest absolute Gasteiger partial charge is 0.325 e. The van der Waals surface area contributed by atoms with Crippen LogP contribution in [0.15, 0.2) is 0 Å². The molecule has 0 spiro atoms. The van der Waals surface area contributed by atoms with Gasteiger partial charge in [-0.3, -0.25) is 14.5 Å². The van der Waals surface area contributed by atoms with Crippen molar-refractivity contribution >= 4 is 17.8 Å². The average molecular weight is 282 g/mol. The summed E-state index contributed by atoms with van der Waals surface area (Å²) in [6.07, 6.45) is 0.600. The molecule has 0 aromatic rings. The normalized spacial score (nSPS) is 23.4. The Morgan fingerprint density at radius 3 is 2.55 bits per heavy atom. The molecule has 2 aliphatic rings. The number of carbonyl (C=O) groups is 3. The van der Waals surface area contributed by atoms with Crippen molar-refractivity contribution in [2.75, 3.05) is 32.7 Å². The highest BCUT2D eigenvalue weighted by molar-refractivity contribution is 6.06. The zero-order valence-corrected chi connectivity index (χ0v) is 12.0. The molecule has 7 heteroatoms. The van der Waals surface area contributed by atoms with Crippen LogP contribution in [-0.4, -0.2) is 66.4 Å². The van der Waals surface area contributed by atoms with Gasteiger partial charge in [-0.2, -0.15) is 0 Å². The quantitative estimate of drug-likeness (QED) is 0.674. The van der Waals surface area contributed by atoms with E-state index in [1.54, 1.807) is 4.90 Å². The Hall–Kier alpha value is -1.63. The van der Waals surface area contributed by atoms with E-state index in [2.05, 4.69) is 10.6 Å². The molecule has 4 amide bonds. The highest BCUT2D eigenvalue weighted by Gasteiger charge is 2.39. The first-order valence-corrected chi connectivity index (χ1v) is 7.09. The summed E-state index contributed by atoms with van der Waals surface area (Å²) in [4.78, 5) is 38.8. The second kappa shape index (κ2) is 6.21. The fourth-order valence-corrected chi connectivity index (χ4v) is 2.51. The summed E-state index contributed by atoms with van der Waals surface area (Å²) < 4.78 is 0. The summed E-state index contributed by atoms with van der Waals surface area (Å²) in [5.74, 6) is -0.138. The van der Waals surface area contributed by atoms with Crippen LogP contribution in [0.2, 0.25) is 0 Å². The number of imide groups is 1. The first-order valence-electron chi connectivity index (χ1n) is 7.09. The molecule has 2 saturated heterocycles. The van der Waals surface area contributed by atoms with Crippen LogP contribution in [0.4, 0.5) is 4.79 Å². The Morgan fingerprint density at radius 2 is 1.95 bits per heavy atom. The third-order valence-electron chi connectivity index (χ3n) is 3.58. The van der Waals surface area contributed by atoms with Gasteiger partial charge >= 0.3 is 6.03 Å². The van der Waals surface area contributed by atoms with Gasteiger partial charge in [0, 0.05) is 26.2 Å². The second-order valence-electron chi connectivity index (χ2n) is 5.69. The molecule has 2 fully saturated rings. The van der Waals surface area contributed by atoms with Crippen molar-refractivity contribution < 1.29 is 14.4 Å². The van der Waals surface area contributed by atoms with Gasteiger partial charge in [-0.1, -0.05) is 13.8 Å². The molecule has 2 N–H and O–H groups in total.